The van der Waals surface area contributed by atoms with Gasteiger partial charge in [0, 0.05) is 18.1 Å². The predicted octanol–water partition coefficient (Wildman–Crippen LogP) is 3.97. The highest BCUT2D eigenvalue weighted by molar-refractivity contribution is 6.31. The van der Waals surface area contributed by atoms with Gasteiger partial charge in [0.25, 0.3) is 0 Å². The van der Waals surface area contributed by atoms with Crippen molar-refractivity contribution in [3.63, 3.8) is 0 Å². The molecule has 0 aromatic heterocycles. The molecule has 0 heterocycles. The molecule has 2 aromatic rings. The highest BCUT2D eigenvalue weighted by Crippen LogP contribution is 2.32. The van der Waals surface area contributed by atoms with Crippen molar-refractivity contribution in [2.45, 2.75) is 0 Å². The molecular weight excluding hydrogens is 258 g/mol. The van der Waals surface area contributed by atoms with E-state index in [1.807, 2.05) is 0 Å². The molecular formula is C13H11ClF2N2. The van der Waals surface area contributed by atoms with Crippen molar-refractivity contribution in [1.82, 2.24) is 0 Å². The molecule has 0 unspecified atom stereocenters. The second kappa shape index (κ2) is 4.82. The van der Waals surface area contributed by atoms with Crippen molar-refractivity contribution in [3.8, 4) is 0 Å². The molecule has 18 heavy (non-hydrogen) atoms. The second-order valence-corrected chi connectivity index (χ2v) is 4.29. The third kappa shape index (κ3) is 2.38. The molecule has 0 spiro atoms. The summed E-state index contributed by atoms with van der Waals surface area (Å²) in [5.41, 5.74) is 7.06. The Morgan fingerprint density at radius 3 is 2.44 bits per heavy atom. The van der Waals surface area contributed by atoms with Gasteiger partial charge in [0.05, 0.1) is 17.1 Å². The Kier molecular flexibility index (Phi) is 3.39. The molecule has 0 saturated carbocycles. The van der Waals surface area contributed by atoms with E-state index in [0.717, 1.165) is 6.07 Å². The zero-order valence-corrected chi connectivity index (χ0v) is 10.4. The minimum absolute atomic E-state index is 0.227. The summed E-state index contributed by atoms with van der Waals surface area (Å²) in [4.78, 5) is 1.52. The summed E-state index contributed by atoms with van der Waals surface area (Å²) >= 11 is 5.88. The van der Waals surface area contributed by atoms with Crippen LogP contribution in [0.1, 0.15) is 0 Å². The van der Waals surface area contributed by atoms with E-state index >= 15 is 0 Å². The van der Waals surface area contributed by atoms with E-state index in [1.54, 1.807) is 25.2 Å². The van der Waals surface area contributed by atoms with Crippen LogP contribution in [0, 0.1) is 11.6 Å². The van der Waals surface area contributed by atoms with E-state index in [9.17, 15) is 8.78 Å². The number of hydrogen-bond donors (Lipinski definition) is 1. The van der Waals surface area contributed by atoms with Gasteiger partial charge in [-0.15, -0.1) is 0 Å². The summed E-state index contributed by atoms with van der Waals surface area (Å²) in [6.45, 7) is 0. The lowest BCUT2D eigenvalue weighted by Gasteiger charge is -2.22. The Labute approximate surface area is 109 Å². The fourth-order valence-corrected chi connectivity index (χ4v) is 1.86. The monoisotopic (exact) mass is 268 g/mol. The normalized spacial score (nSPS) is 10.4. The molecule has 2 aromatic carbocycles. The molecule has 0 fully saturated rings. The summed E-state index contributed by atoms with van der Waals surface area (Å²) in [6.07, 6.45) is 0. The van der Waals surface area contributed by atoms with Crippen LogP contribution in [0.3, 0.4) is 0 Å². The first-order valence-corrected chi connectivity index (χ1v) is 5.60. The average Bonchev–Trinajstić information content (AvgIpc) is 2.31. The lowest BCUT2D eigenvalue weighted by atomic mass is 10.2. The quantitative estimate of drug-likeness (QED) is 0.835. The van der Waals surface area contributed by atoms with Gasteiger partial charge in [0.2, 0.25) is 0 Å². The largest absolute Gasteiger partial charge is 0.397 e. The Balaban J connectivity index is 2.47. The Hall–Kier alpha value is -1.81. The van der Waals surface area contributed by atoms with Gasteiger partial charge in [0.15, 0.2) is 0 Å². The fraction of sp³-hybridized carbons (Fsp3) is 0.0769. The minimum Gasteiger partial charge on any atom is -0.397 e. The molecule has 0 aliphatic heterocycles. The summed E-state index contributed by atoms with van der Waals surface area (Å²) in [7, 11) is 1.64. The predicted molar refractivity (Wildman–Crippen MR) is 70.3 cm³/mol. The zero-order valence-electron chi connectivity index (χ0n) is 9.62. The van der Waals surface area contributed by atoms with Crippen molar-refractivity contribution < 1.29 is 8.78 Å². The van der Waals surface area contributed by atoms with Crippen LogP contribution in [0.5, 0.6) is 0 Å². The molecule has 0 aliphatic carbocycles. The maximum absolute atomic E-state index is 13.7. The Morgan fingerprint density at radius 1 is 1.06 bits per heavy atom. The highest BCUT2D eigenvalue weighted by atomic mass is 35.5. The number of anilines is 3. The van der Waals surface area contributed by atoms with Crippen molar-refractivity contribution in [3.05, 3.63) is 53.1 Å². The lowest BCUT2D eigenvalue weighted by molar-refractivity contribution is 0.583. The Bertz CT molecular complexity index is 587. The van der Waals surface area contributed by atoms with Crippen LogP contribution in [0.4, 0.5) is 25.8 Å². The van der Waals surface area contributed by atoms with Gasteiger partial charge in [-0.3, -0.25) is 0 Å². The Morgan fingerprint density at radius 2 is 1.78 bits per heavy atom. The van der Waals surface area contributed by atoms with Gasteiger partial charge >= 0.3 is 0 Å². The molecule has 5 heteroatoms. The molecule has 2 nitrogen and oxygen atoms in total. The summed E-state index contributed by atoms with van der Waals surface area (Å²) in [6, 6.07) is 8.28. The van der Waals surface area contributed by atoms with Crippen LogP contribution >= 0.6 is 11.6 Å². The fourth-order valence-electron chi connectivity index (χ4n) is 1.69. The first-order valence-electron chi connectivity index (χ1n) is 5.23. The molecule has 0 amide bonds. The number of nitrogens with two attached hydrogens (primary N) is 1. The van der Waals surface area contributed by atoms with Crippen LogP contribution in [0.25, 0.3) is 0 Å². The second-order valence-electron chi connectivity index (χ2n) is 3.86. The standard InChI is InChI=1S/C13H11ClF2N2/c1-18(12-5-3-9(15)7-10(12)16)13-6-8(14)2-4-11(13)17/h2-7H,17H2,1H3. The van der Waals surface area contributed by atoms with E-state index in [1.165, 1.54) is 17.0 Å². The average molecular weight is 269 g/mol. The van der Waals surface area contributed by atoms with Gasteiger partial charge in [-0.05, 0) is 30.3 Å². The van der Waals surface area contributed by atoms with Gasteiger partial charge < -0.3 is 10.6 Å². The topological polar surface area (TPSA) is 29.3 Å². The molecule has 2 rings (SSSR count). The van der Waals surface area contributed by atoms with Crippen LogP contribution in [0.2, 0.25) is 5.02 Å². The number of nitrogens with zero attached hydrogens (tertiary/aromatic N) is 1. The number of benzene rings is 2. The first-order chi connectivity index (χ1) is 8.49. The van der Waals surface area contributed by atoms with Gasteiger partial charge in [-0.1, -0.05) is 11.6 Å². The van der Waals surface area contributed by atoms with Crippen molar-refractivity contribution in [2.24, 2.45) is 0 Å². The number of halogens is 3. The van der Waals surface area contributed by atoms with Crippen LogP contribution < -0.4 is 10.6 Å². The molecule has 2 N–H and O–H groups in total. The molecule has 0 atom stereocenters. The highest BCUT2D eigenvalue weighted by Gasteiger charge is 2.13. The summed E-state index contributed by atoms with van der Waals surface area (Å²) in [5.74, 6) is -1.28. The lowest BCUT2D eigenvalue weighted by Crippen LogP contribution is -2.13. The van der Waals surface area contributed by atoms with Crippen LogP contribution in [-0.4, -0.2) is 7.05 Å². The van der Waals surface area contributed by atoms with E-state index in [4.69, 9.17) is 17.3 Å². The van der Waals surface area contributed by atoms with Gasteiger partial charge in [-0.25, -0.2) is 8.78 Å². The number of nitrogen functional groups attached to an aromatic ring is 1. The van der Waals surface area contributed by atoms with E-state index in [2.05, 4.69) is 0 Å². The first kappa shape index (κ1) is 12.6. The van der Waals surface area contributed by atoms with E-state index < -0.39 is 11.6 Å². The molecule has 0 radical (unpaired) electrons. The smallest absolute Gasteiger partial charge is 0.149 e. The van der Waals surface area contributed by atoms with E-state index in [-0.39, 0.29) is 5.69 Å². The minimum atomic E-state index is -0.656. The summed E-state index contributed by atoms with van der Waals surface area (Å²) < 4.78 is 26.5. The molecule has 0 bridgehead atoms. The number of rotatable bonds is 2. The number of hydrogen-bond acceptors (Lipinski definition) is 2. The molecule has 0 aliphatic rings. The summed E-state index contributed by atoms with van der Waals surface area (Å²) in [5, 5.41) is 0.494. The molecule has 94 valence electrons. The third-order valence-corrected chi connectivity index (χ3v) is 2.86. The van der Waals surface area contributed by atoms with Gasteiger partial charge in [0.1, 0.15) is 11.6 Å². The van der Waals surface area contributed by atoms with E-state index in [0.29, 0.717) is 16.4 Å². The third-order valence-electron chi connectivity index (χ3n) is 2.62. The van der Waals surface area contributed by atoms with Crippen LogP contribution in [0.15, 0.2) is 36.4 Å². The SMILES string of the molecule is CN(c1cc(Cl)ccc1N)c1ccc(F)cc1F. The van der Waals surface area contributed by atoms with Crippen molar-refractivity contribution in [2.75, 3.05) is 17.7 Å². The van der Waals surface area contributed by atoms with Crippen molar-refractivity contribution >= 4 is 28.7 Å². The van der Waals surface area contributed by atoms with Crippen LogP contribution in [-0.2, 0) is 0 Å². The maximum Gasteiger partial charge on any atom is 0.149 e. The van der Waals surface area contributed by atoms with Crippen molar-refractivity contribution in [1.29, 1.82) is 0 Å². The zero-order chi connectivity index (χ0) is 13.3. The van der Waals surface area contributed by atoms with Gasteiger partial charge in [-0.2, -0.15) is 0 Å². The molecule has 0 saturated heterocycles. The maximum atomic E-state index is 13.7.